The summed E-state index contributed by atoms with van der Waals surface area (Å²) in [5, 5.41) is 0. The number of fused-ring (bicyclic) bond motifs is 1. The van der Waals surface area contributed by atoms with Crippen LogP contribution in [0.2, 0.25) is 0 Å². The number of hydrogen-bond acceptors (Lipinski definition) is 3. The quantitative estimate of drug-likeness (QED) is 0.844. The molecule has 1 amide bonds. The summed E-state index contributed by atoms with van der Waals surface area (Å²) in [5.41, 5.74) is 2.50. The highest BCUT2D eigenvalue weighted by Gasteiger charge is 2.24. The molecule has 0 aliphatic heterocycles. The first-order valence-electron chi connectivity index (χ1n) is 8.23. The summed E-state index contributed by atoms with van der Waals surface area (Å²) >= 11 is 0. The Morgan fingerprint density at radius 1 is 1.08 bits per heavy atom. The molecule has 0 radical (unpaired) electrons. The first-order chi connectivity index (χ1) is 11.6. The SMILES string of the molecule is CC(C)N(C(=O)COc1cccc2c1CCC2=O)c1ccccc1. The number of para-hydroxylation sites is 1. The number of anilines is 1. The molecule has 2 aromatic carbocycles. The molecule has 124 valence electrons. The zero-order valence-corrected chi connectivity index (χ0v) is 14.0. The molecule has 0 fully saturated rings. The van der Waals surface area contributed by atoms with Crippen molar-refractivity contribution >= 4 is 17.4 Å². The van der Waals surface area contributed by atoms with Gasteiger partial charge >= 0.3 is 0 Å². The number of Topliss-reactive ketones (excluding diaryl/α,β-unsaturated/α-hetero) is 1. The molecule has 0 atom stereocenters. The number of carbonyl (C=O) groups excluding carboxylic acids is 2. The maximum atomic E-state index is 12.7. The van der Waals surface area contributed by atoms with Crippen LogP contribution < -0.4 is 9.64 Å². The normalized spacial score (nSPS) is 13.0. The highest BCUT2D eigenvalue weighted by atomic mass is 16.5. The minimum atomic E-state index is -0.0990. The van der Waals surface area contributed by atoms with Gasteiger partial charge in [-0.3, -0.25) is 9.59 Å². The Bertz CT molecular complexity index is 753. The molecule has 1 aliphatic rings. The molecule has 0 saturated heterocycles. The molecule has 0 bridgehead atoms. The lowest BCUT2D eigenvalue weighted by Gasteiger charge is -2.27. The molecule has 0 spiro atoms. The molecule has 0 heterocycles. The van der Waals surface area contributed by atoms with E-state index in [4.69, 9.17) is 4.74 Å². The lowest BCUT2D eigenvalue weighted by atomic mass is 10.1. The van der Waals surface area contributed by atoms with Gasteiger partial charge in [0.25, 0.3) is 5.91 Å². The Balaban J connectivity index is 1.75. The average Bonchev–Trinajstić information content (AvgIpc) is 2.96. The lowest BCUT2D eigenvalue weighted by Crippen LogP contribution is -2.40. The van der Waals surface area contributed by atoms with Gasteiger partial charge in [0.15, 0.2) is 12.4 Å². The summed E-state index contributed by atoms with van der Waals surface area (Å²) in [6, 6.07) is 15.1. The third-order valence-corrected chi connectivity index (χ3v) is 4.21. The van der Waals surface area contributed by atoms with E-state index < -0.39 is 0 Å². The number of amides is 1. The summed E-state index contributed by atoms with van der Waals surface area (Å²) < 4.78 is 5.77. The molecule has 24 heavy (non-hydrogen) atoms. The lowest BCUT2D eigenvalue weighted by molar-refractivity contribution is -0.120. The zero-order chi connectivity index (χ0) is 17.1. The maximum Gasteiger partial charge on any atom is 0.265 e. The van der Waals surface area contributed by atoms with Crippen LogP contribution in [0.4, 0.5) is 5.69 Å². The molecule has 1 aliphatic carbocycles. The third-order valence-electron chi connectivity index (χ3n) is 4.21. The average molecular weight is 323 g/mol. The van der Waals surface area contributed by atoms with Crippen molar-refractivity contribution in [3.8, 4) is 5.75 Å². The topological polar surface area (TPSA) is 46.6 Å². The smallest absolute Gasteiger partial charge is 0.265 e. The second-order valence-electron chi connectivity index (χ2n) is 6.19. The maximum absolute atomic E-state index is 12.7. The third kappa shape index (κ3) is 3.18. The Morgan fingerprint density at radius 3 is 2.54 bits per heavy atom. The van der Waals surface area contributed by atoms with Crippen LogP contribution in [-0.4, -0.2) is 24.3 Å². The van der Waals surface area contributed by atoms with Gasteiger partial charge in [-0.25, -0.2) is 0 Å². The number of nitrogens with zero attached hydrogens (tertiary/aromatic N) is 1. The molecular formula is C20H21NO3. The van der Waals surface area contributed by atoms with Gasteiger partial charge in [-0.05, 0) is 38.5 Å². The summed E-state index contributed by atoms with van der Waals surface area (Å²) in [6.45, 7) is 3.91. The van der Waals surface area contributed by atoms with Gasteiger partial charge in [-0.2, -0.15) is 0 Å². The molecular weight excluding hydrogens is 302 g/mol. The monoisotopic (exact) mass is 323 g/mol. The Labute approximate surface area is 142 Å². The summed E-state index contributed by atoms with van der Waals surface area (Å²) in [7, 11) is 0. The van der Waals surface area contributed by atoms with E-state index in [1.165, 1.54) is 0 Å². The molecule has 3 rings (SSSR count). The molecule has 0 aromatic heterocycles. The van der Waals surface area contributed by atoms with Crippen molar-refractivity contribution in [1.82, 2.24) is 0 Å². The zero-order valence-electron chi connectivity index (χ0n) is 14.0. The van der Waals surface area contributed by atoms with Gasteiger partial charge in [0, 0.05) is 29.3 Å². The van der Waals surface area contributed by atoms with Gasteiger partial charge < -0.3 is 9.64 Å². The molecule has 0 unspecified atom stereocenters. The van der Waals surface area contributed by atoms with Crippen LogP contribution in [0.3, 0.4) is 0 Å². The van der Waals surface area contributed by atoms with Crippen molar-refractivity contribution in [2.24, 2.45) is 0 Å². The second-order valence-corrected chi connectivity index (χ2v) is 6.19. The van der Waals surface area contributed by atoms with Crippen LogP contribution in [0.25, 0.3) is 0 Å². The number of ether oxygens (including phenoxy) is 1. The van der Waals surface area contributed by atoms with Crippen LogP contribution in [0, 0.1) is 0 Å². The molecule has 0 saturated carbocycles. The number of hydrogen-bond donors (Lipinski definition) is 0. The Hall–Kier alpha value is -2.62. The van der Waals surface area contributed by atoms with E-state index in [1.807, 2.05) is 56.3 Å². The van der Waals surface area contributed by atoms with Crippen molar-refractivity contribution in [3.05, 3.63) is 59.7 Å². The Morgan fingerprint density at radius 2 is 1.83 bits per heavy atom. The van der Waals surface area contributed by atoms with Crippen molar-refractivity contribution < 1.29 is 14.3 Å². The van der Waals surface area contributed by atoms with E-state index in [1.54, 1.807) is 11.0 Å². The first-order valence-corrected chi connectivity index (χ1v) is 8.23. The molecule has 2 aromatic rings. The minimum Gasteiger partial charge on any atom is -0.483 e. The van der Waals surface area contributed by atoms with Crippen molar-refractivity contribution in [2.45, 2.75) is 32.7 Å². The minimum absolute atomic E-state index is 0.0339. The summed E-state index contributed by atoms with van der Waals surface area (Å²) in [6.07, 6.45) is 1.21. The van der Waals surface area contributed by atoms with Crippen molar-refractivity contribution in [1.29, 1.82) is 0 Å². The van der Waals surface area contributed by atoms with E-state index in [0.29, 0.717) is 18.6 Å². The number of rotatable bonds is 5. The molecule has 4 nitrogen and oxygen atoms in total. The number of carbonyl (C=O) groups is 2. The van der Waals surface area contributed by atoms with Gasteiger partial charge in [-0.1, -0.05) is 30.3 Å². The number of ketones is 1. The van der Waals surface area contributed by atoms with Crippen molar-refractivity contribution in [3.63, 3.8) is 0 Å². The van der Waals surface area contributed by atoms with Gasteiger partial charge in [-0.15, -0.1) is 0 Å². The van der Waals surface area contributed by atoms with Crippen LogP contribution in [0.5, 0.6) is 5.75 Å². The van der Waals surface area contributed by atoms with E-state index in [-0.39, 0.29) is 24.3 Å². The van der Waals surface area contributed by atoms with Crippen LogP contribution in [0.1, 0.15) is 36.2 Å². The largest absolute Gasteiger partial charge is 0.483 e. The predicted molar refractivity (Wildman–Crippen MR) is 93.7 cm³/mol. The predicted octanol–water partition coefficient (Wildman–Crippen LogP) is 3.64. The summed E-state index contributed by atoms with van der Waals surface area (Å²) in [5.74, 6) is 0.691. The summed E-state index contributed by atoms with van der Waals surface area (Å²) in [4.78, 5) is 26.2. The van der Waals surface area contributed by atoms with E-state index in [0.717, 1.165) is 16.8 Å². The molecule has 4 heteroatoms. The second kappa shape index (κ2) is 6.87. The fourth-order valence-corrected chi connectivity index (χ4v) is 3.12. The highest BCUT2D eigenvalue weighted by Crippen LogP contribution is 2.30. The van der Waals surface area contributed by atoms with Crippen LogP contribution in [-0.2, 0) is 11.2 Å². The standard InChI is InChI=1S/C20H21NO3/c1-14(2)21(15-7-4-3-5-8-15)20(23)13-24-19-10-6-9-16-17(19)11-12-18(16)22/h3-10,14H,11-13H2,1-2H3. The molecule has 0 N–H and O–H groups in total. The Kier molecular flexibility index (Phi) is 4.65. The fourth-order valence-electron chi connectivity index (χ4n) is 3.12. The fraction of sp³-hybridized carbons (Fsp3) is 0.300. The van der Waals surface area contributed by atoms with Gasteiger partial charge in [0.1, 0.15) is 5.75 Å². The van der Waals surface area contributed by atoms with Crippen LogP contribution in [0.15, 0.2) is 48.5 Å². The highest BCUT2D eigenvalue weighted by molar-refractivity contribution is 6.01. The number of benzene rings is 2. The van der Waals surface area contributed by atoms with E-state index in [9.17, 15) is 9.59 Å². The van der Waals surface area contributed by atoms with E-state index >= 15 is 0 Å². The van der Waals surface area contributed by atoms with Crippen molar-refractivity contribution in [2.75, 3.05) is 11.5 Å². The van der Waals surface area contributed by atoms with E-state index in [2.05, 4.69) is 0 Å². The van der Waals surface area contributed by atoms with Gasteiger partial charge in [0.2, 0.25) is 0 Å². The van der Waals surface area contributed by atoms with Gasteiger partial charge in [0.05, 0.1) is 0 Å². The van der Waals surface area contributed by atoms with Crippen LogP contribution >= 0.6 is 0 Å². The first kappa shape index (κ1) is 16.2.